The van der Waals surface area contributed by atoms with Crippen LogP contribution in [0.15, 0.2) is 40.2 Å². The maximum Gasteiger partial charge on any atom is 0.433 e. The highest BCUT2D eigenvalue weighted by molar-refractivity contribution is 5.61. The molecule has 0 saturated carbocycles. The molecule has 2 atom stereocenters. The Morgan fingerprint density at radius 3 is 2.48 bits per heavy atom. The Kier molecular flexibility index (Phi) is 8.55. The van der Waals surface area contributed by atoms with E-state index in [1.165, 1.54) is 29.1 Å². The molecule has 3 aliphatic rings. The average Bonchev–Trinajstić information content (AvgIpc) is 2.98. The Morgan fingerprint density at radius 2 is 1.82 bits per heavy atom. The predicted molar refractivity (Wildman–Crippen MR) is 144 cm³/mol. The van der Waals surface area contributed by atoms with Gasteiger partial charge in [-0.25, -0.2) is 4.98 Å². The second-order valence-corrected chi connectivity index (χ2v) is 10.3. The van der Waals surface area contributed by atoms with E-state index in [2.05, 4.69) is 20.3 Å². The lowest BCUT2D eigenvalue weighted by Gasteiger charge is -2.40. The molecular formula is C26H27F7N8O3. The van der Waals surface area contributed by atoms with Crippen LogP contribution in [0.1, 0.15) is 25.5 Å². The number of nitrogens with one attached hydrogen (secondary N) is 1. The maximum atomic E-state index is 14.9. The second kappa shape index (κ2) is 12.0. The van der Waals surface area contributed by atoms with Crippen molar-refractivity contribution in [3.8, 4) is 0 Å². The number of aromatic nitrogens is 5. The van der Waals surface area contributed by atoms with Crippen LogP contribution in [0.4, 0.5) is 54.1 Å². The lowest BCUT2D eigenvalue weighted by molar-refractivity contribution is -0.150. The Morgan fingerprint density at radius 1 is 1.05 bits per heavy atom. The number of pyridine rings is 1. The molecule has 44 heavy (non-hydrogen) atoms. The van der Waals surface area contributed by atoms with Crippen molar-refractivity contribution in [3.05, 3.63) is 62.8 Å². The maximum absolute atomic E-state index is 14.9. The van der Waals surface area contributed by atoms with Crippen molar-refractivity contribution in [2.24, 2.45) is 0 Å². The number of rotatable bonds is 2. The van der Waals surface area contributed by atoms with Gasteiger partial charge in [0.1, 0.15) is 6.04 Å². The molecule has 1 saturated heterocycles. The van der Waals surface area contributed by atoms with E-state index in [9.17, 15) is 40.3 Å². The molecule has 11 nitrogen and oxygen atoms in total. The SMILES string of the molecule is C[C@@H]1COCCN1c1nc2n(c(=O)c1F)CC[C@@H](C(F)(F)F)N2c1cccnc1.O=c1cc(C(F)(F)F)nc2n1CCCN2. The first-order valence-electron chi connectivity index (χ1n) is 13.6. The third-order valence-electron chi connectivity index (χ3n) is 7.31. The standard InChI is InChI=1S/C18H19F4N5O2.C8H8F3N3O/c1-11-10-29-8-7-25(11)15-14(19)16(28)26-6-4-13(18(20,21)22)27(17(26)24-15)12-3-2-5-23-9-12;9-8(10,11)5-4-6(15)14-3-1-2-12-7(14)13-5/h2-3,5,9,11,13H,4,6-8,10H2,1H3;4H,1-3H2,(H,12,13)/t11-,13+;/m1./s1. The van der Waals surface area contributed by atoms with E-state index in [0.29, 0.717) is 38.8 Å². The molecule has 18 heteroatoms. The van der Waals surface area contributed by atoms with Gasteiger partial charge in [-0.05, 0) is 31.9 Å². The molecule has 0 spiro atoms. The minimum Gasteiger partial charge on any atom is -0.377 e. The second-order valence-electron chi connectivity index (χ2n) is 10.3. The summed E-state index contributed by atoms with van der Waals surface area (Å²) in [5, 5.41) is 2.67. The van der Waals surface area contributed by atoms with E-state index in [-0.39, 0.29) is 42.5 Å². The number of hydrogen-bond acceptors (Lipinski definition) is 9. The minimum atomic E-state index is -4.58. The van der Waals surface area contributed by atoms with Gasteiger partial charge in [-0.1, -0.05) is 0 Å². The molecule has 0 radical (unpaired) electrons. The number of morpholine rings is 1. The summed E-state index contributed by atoms with van der Waals surface area (Å²) in [6.07, 6.45) is -6.14. The zero-order valence-electron chi connectivity index (χ0n) is 23.2. The van der Waals surface area contributed by atoms with Gasteiger partial charge in [0.2, 0.25) is 17.7 Å². The molecule has 1 fully saturated rings. The Hall–Kier alpha value is -4.22. The summed E-state index contributed by atoms with van der Waals surface area (Å²) in [6, 6.07) is 1.29. The summed E-state index contributed by atoms with van der Waals surface area (Å²) >= 11 is 0. The summed E-state index contributed by atoms with van der Waals surface area (Å²) < 4.78 is 101. The summed E-state index contributed by atoms with van der Waals surface area (Å²) in [6.45, 7) is 3.33. The van der Waals surface area contributed by atoms with Crippen LogP contribution in [-0.4, -0.2) is 68.6 Å². The summed E-state index contributed by atoms with van der Waals surface area (Å²) in [4.78, 5) is 38.0. The van der Waals surface area contributed by atoms with Crippen molar-refractivity contribution in [3.63, 3.8) is 0 Å². The van der Waals surface area contributed by atoms with E-state index in [1.54, 1.807) is 11.8 Å². The number of alkyl halides is 6. The van der Waals surface area contributed by atoms with Crippen molar-refractivity contribution in [2.45, 2.75) is 57.3 Å². The highest BCUT2D eigenvalue weighted by atomic mass is 19.4. The van der Waals surface area contributed by atoms with Gasteiger partial charge >= 0.3 is 12.4 Å². The number of hydrogen-bond donors (Lipinski definition) is 1. The summed E-state index contributed by atoms with van der Waals surface area (Å²) in [5.41, 5.74) is -2.67. The molecule has 1 N–H and O–H groups in total. The van der Waals surface area contributed by atoms with Crippen molar-refractivity contribution in [1.82, 2.24) is 24.1 Å². The Balaban J connectivity index is 0.000000215. The topological polar surface area (TPSA) is 110 Å². The third kappa shape index (κ3) is 6.20. The fourth-order valence-corrected chi connectivity index (χ4v) is 5.19. The zero-order valence-corrected chi connectivity index (χ0v) is 23.2. The molecule has 238 valence electrons. The summed E-state index contributed by atoms with van der Waals surface area (Å²) in [5.74, 6) is -1.57. The molecule has 6 rings (SSSR count). The van der Waals surface area contributed by atoms with Gasteiger partial charge < -0.3 is 15.0 Å². The van der Waals surface area contributed by atoms with Crippen LogP contribution in [0.5, 0.6) is 0 Å². The first-order chi connectivity index (χ1) is 20.8. The lowest BCUT2D eigenvalue weighted by Crippen LogP contribution is -2.51. The molecular weight excluding hydrogens is 605 g/mol. The van der Waals surface area contributed by atoms with Gasteiger partial charge in [-0.3, -0.25) is 28.6 Å². The van der Waals surface area contributed by atoms with Gasteiger partial charge in [0.25, 0.3) is 11.1 Å². The van der Waals surface area contributed by atoms with Crippen LogP contribution in [0.3, 0.4) is 0 Å². The molecule has 3 aliphatic heterocycles. The lowest BCUT2D eigenvalue weighted by atomic mass is 10.1. The number of anilines is 4. The largest absolute Gasteiger partial charge is 0.433 e. The van der Waals surface area contributed by atoms with Crippen LogP contribution >= 0.6 is 0 Å². The molecule has 0 unspecified atom stereocenters. The first kappa shape index (κ1) is 31.2. The fourth-order valence-electron chi connectivity index (χ4n) is 5.19. The predicted octanol–water partition coefficient (Wildman–Crippen LogP) is 3.55. The van der Waals surface area contributed by atoms with E-state index >= 15 is 0 Å². The van der Waals surface area contributed by atoms with E-state index in [4.69, 9.17) is 4.74 Å². The molecule has 0 bridgehead atoms. The van der Waals surface area contributed by atoms with E-state index in [0.717, 1.165) is 9.47 Å². The Bertz CT molecular complexity index is 1610. The number of fused-ring (bicyclic) bond motifs is 2. The molecule has 0 amide bonds. The van der Waals surface area contributed by atoms with Crippen LogP contribution in [0, 0.1) is 5.82 Å². The molecule has 0 aromatic carbocycles. The fraction of sp³-hybridized carbons (Fsp3) is 0.500. The van der Waals surface area contributed by atoms with Gasteiger partial charge in [0.15, 0.2) is 11.5 Å². The average molecular weight is 633 g/mol. The van der Waals surface area contributed by atoms with Crippen molar-refractivity contribution >= 4 is 23.4 Å². The Labute approximate surface area is 244 Å². The smallest absolute Gasteiger partial charge is 0.377 e. The van der Waals surface area contributed by atoms with Crippen molar-refractivity contribution in [1.29, 1.82) is 0 Å². The van der Waals surface area contributed by atoms with E-state index in [1.807, 2.05) is 0 Å². The van der Waals surface area contributed by atoms with Gasteiger partial charge in [0, 0.05) is 38.4 Å². The molecule has 0 aliphatic carbocycles. The number of nitrogens with zero attached hydrogens (tertiary/aromatic N) is 7. The minimum absolute atomic E-state index is 0.000995. The highest BCUT2D eigenvalue weighted by Crippen LogP contribution is 2.39. The van der Waals surface area contributed by atoms with Gasteiger partial charge in [-0.2, -0.15) is 35.7 Å². The third-order valence-corrected chi connectivity index (χ3v) is 7.31. The zero-order chi connectivity index (χ0) is 31.8. The summed E-state index contributed by atoms with van der Waals surface area (Å²) in [7, 11) is 0. The van der Waals surface area contributed by atoms with Crippen molar-refractivity contribution < 1.29 is 35.5 Å². The highest BCUT2D eigenvalue weighted by Gasteiger charge is 2.48. The quantitative estimate of drug-likeness (QED) is 0.425. The van der Waals surface area contributed by atoms with Crippen molar-refractivity contribution in [2.75, 3.05) is 41.4 Å². The van der Waals surface area contributed by atoms with Crippen LogP contribution < -0.4 is 26.2 Å². The van der Waals surface area contributed by atoms with E-state index < -0.39 is 47.4 Å². The monoisotopic (exact) mass is 632 g/mol. The molecule has 3 aromatic heterocycles. The van der Waals surface area contributed by atoms with Gasteiger partial charge in [0.05, 0.1) is 31.1 Å². The van der Waals surface area contributed by atoms with Crippen LogP contribution in [0.2, 0.25) is 0 Å². The first-order valence-corrected chi connectivity index (χ1v) is 13.6. The number of ether oxygens (including phenoxy) is 1. The normalized spacial score (nSPS) is 20.2. The number of halogens is 7. The molecule has 3 aromatic rings. The van der Waals surface area contributed by atoms with Crippen LogP contribution in [-0.2, 0) is 24.0 Å². The molecule has 6 heterocycles. The van der Waals surface area contributed by atoms with Gasteiger partial charge in [-0.15, -0.1) is 0 Å². The van der Waals surface area contributed by atoms with Crippen LogP contribution in [0.25, 0.3) is 0 Å².